The van der Waals surface area contributed by atoms with Crippen molar-refractivity contribution < 1.29 is 9.69 Å². The Kier molecular flexibility index (Phi) is 4.37. The van der Waals surface area contributed by atoms with Gasteiger partial charge in [-0.1, -0.05) is 12.1 Å². The minimum atomic E-state index is 0.139. The first-order valence-electron chi connectivity index (χ1n) is 6.86. The number of hydrogen-bond donors (Lipinski definition) is 2. The van der Waals surface area contributed by atoms with Gasteiger partial charge in [0.15, 0.2) is 6.54 Å². The van der Waals surface area contributed by atoms with Gasteiger partial charge in [0, 0.05) is 5.69 Å². The molecule has 1 amide bonds. The van der Waals surface area contributed by atoms with Gasteiger partial charge in [-0.3, -0.25) is 4.79 Å². The average Bonchev–Trinajstić information content (AvgIpc) is 2.35. The molecule has 0 radical (unpaired) electrons. The van der Waals surface area contributed by atoms with E-state index < -0.39 is 0 Å². The molecule has 1 aromatic carbocycles. The maximum absolute atomic E-state index is 12.0. The molecule has 2 rings (SSSR count). The van der Waals surface area contributed by atoms with Gasteiger partial charge in [-0.2, -0.15) is 0 Å². The third kappa shape index (κ3) is 3.57. The summed E-state index contributed by atoms with van der Waals surface area (Å²) in [5.74, 6) is 0.139. The molecule has 1 aliphatic heterocycles. The molecule has 3 heteroatoms. The number of quaternary nitrogens is 1. The molecule has 1 aliphatic rings. The lowest BCUT2D eigenvalue weighted by Crippen LogP contribution is -3.13. The highest BCUT2D eigenvalue weighted by molar-refractivity contribution is 5.92. The fraction of sp³-hybridized carbons (Fsp3) is 0.533. The summed E-state index contributed by atoms with van der Waals surface area (Å²) in [6, 6.07) is 6.17. The Morgan fingerprint density at radius 1 is 1.22 bits per heavy atom. The Balaban J connectivity index is 1.92. The zero-order valence-electron chi connectivity index (χ0n) is 11.4. The van der Waals surface area contributed by atoms with Crippen LogP contribution in [0.15, 0.2) is 18.2 Å². The van der Waals surface area contributed by atoms with Crippen molar-refractivity contribution in [3.63, 3.8) is 0 Å². The van der Waals surface area contributed by atoms with Crippen molar-refractivity contribution >= 4 is 11.6 Å². The van der Waals surface area contributed by atoms with Crippen molar-refractivity contribution in [3.05, 3.63) is 29.3 Å². The molecule has 2 N–H and O–H groups in total. The van der Waals surface area contributed by atoms with Crippen LogP contribution in [0.4, 0.5) is 5.69 Å². The third-order valence-corrected chi connectivity index (χ3v) is 3.64. The van der Waals surface area contributed by atoms with Crippen LogP contribution in [0.3, 0.4) is 0 Å². The number of rotatable bonds is 3. The van der Waals surface area contributed by atoms with E-state index in [1.54, 1.807) is 0 Å². The second-order valence-corrected chi connectivity index (χ2v) is 5.35. The Hall–Kier alpha value is -1.35. The van der Waals surface area contributed by atoms with Gasteiger partial charge in [-0.15, -0.1) is 0 Å². The topological polar surface area (TPSA) is 33.5 Å². The van der Waals surface area contributed by atoms with Crippen molar-refractivity contribution in [2.24, 2.45) is 0 Å². The summed E-state index contributed by atoms with van der Waals surface area (Å²) >= 11 is 0. The number of benzene rings is 1. The van der Waals surface area contributed by atoms with Crippen LogP contribution in [0.2, 0.25) is 0 Å². The monoisotopic (exact) mass is 247 g/mol. The third-order valence-electron chi connectivity index (χ3n) is 3.64. The highest BCUT2D eigenvalue weighted by Crippen LogP contribution is 2.15. The number of carbonyl (C=O) groups excluding carboxylic acids is 1. The standard InChI is InChI=1S/C15H22N2O/c1-12-6-7-13(2)14(10-12)16-15(18)11-17-8-4-3-5-9-17/h6-7,10H,3-5,8-9,11H2,1-2H3,(H,16,18)/p+1. The Morgan fingerprint density at radius 2 is 1.94 bits per heavy atom. The van der Waals surface area contributed by atoms with Crippen molar-refractivity contribution in [3.8, 4) is 0 Å². The Labute approximate surface area is 109 Å². The summed E-state index contributed by atoms with van der Waals surface area (Å²) < 4.78 is 0. The maximum Gasteiger partial charge on any atom is 0.279 e. The van der Waals surface area contributed by atoms with Crippen molar-refractivity contribution in [2.75, 3.05) is 25.0 Å². The van der Waals surface area contributed by atoms with Crippen LogP contribution in [0.1, 0.15) is 30.4 Å². The predicted molar refractivity (Wildman–Crippen MR) is 74.0 cm³/mol. The molecule has 0 aliphatic carbocycles. The minimum Gasteiger partial charge on any atom is -0.327 e. The lowest BCUT2D eigenvalue weighted by molar-refractivity contribution is -0.896. The molecule has 0 saturated carbocycles. The molecule has 98 valence electrons. The number of piperidine rings is 1. The molecule has 1 aromatic rings. The number of amides is 1. The quantitative estimate of drug-likeness (QED) is 0.829. The Morgan fingerprint density at radius 3 is 2.67 bits per heavy atom. The molecule has 1 fully saturated rings. The number of anilines is 1. The first-order chi connectivity index (χ1) is 8.65. The summed E-state index contributed by atoms with van der Waals surface area (Å²) in [6.07, 6.45) is 3.83. The fourth-order valence-corrected chi connectivity index (χ4v) is 2.52. The van der Waals surface area contributed by atoms with Crippen LogP contribution in [0.25, 0.3) is 0 Å². The second-order valence-electron chi connectivity index (χ2n) is 5.35. The summed E-state index contributed by atoms with van der Waals surface area (Å²) in [5.41, 5.74) is 3.26. The van der Waals surface area contributed by atoms with Crippen LogP contribution in [0.5, 0.6) is 0 Å². The summed E-state index contributed by atoms with van der Waals surface area (Å²) in [5, 5.41) is 3.04. The molecule has 0 spiro atoms. The van der Waals surface area contributed by atoms with Gasteiger partial charge < -0.3 is 10.2 Å². The van der Waals surface area contributed by atoms with E-state index >= 15 is 0 Å². The highest BCUT2D eigenvalue weighted by atomic mass is 16.2. The van der Waals surface area contributed by atoms with Gasteiger partial charge in [0.25, 0.3) is 5.91 Å². The van der Waals surface area contributed by atoms with Crippen LogP contribution in [-0.4, -0.2) is 25.5 Å². The maximum atomic E-state index is 12.0. The first kappa shape index (κ1) is 13.1. The first-order valence-corrected chi connectivity index (χ1v) is 6.86. The zero-order chi connectivity index (χ0) is 13.0. The molecule has 0 bridgehead atoms. The van der Waals surface area contributed by atoms with Gasteiger partial charge in [0.2, 0.25) is 0 Å². The zero-order valence-corrected chi connectivity index (χ0v) is 11.4. The SMILES string of the molecule is Cc1ccc(C)c(NC(=O)C[NH+]2CCCCC2)c1. The molecule has 18 heavy (non-hydrogen) atoms. The highest BCUT2D eigenvalue weighted by Gasteiger charge is 2.17. The summed E-state index contributed by atoms with van der Waals surface area (Å²) in [4.78, 5) is 13.4. The molecule has 1 heterocycles. The van der Waals surface area contributed by atoms with Gasteiger partial charge in [0.05, 0.1) is 13.1 Å². The molecule has 0 aromatic heterocycles. The van der Waals surface area contributed by atoms with E-state index in [0.717, 1.165) is 24.3 Å². The molecular formula is C15H23N2O+. The van der Waals surface area contributed by atoms with Crippen molar-refractivity contribution in [1.29, 1.82) is 0 Å². The number of carbonyl (C=O) groups is 1. The smallest absolute Gasteiger partial charge is 0.279 e. The predicted octanol–water partition coefficient (Wildman–Crippen LogP) is 1.31. The number of aryl methyl sites for hydroxylation is 2. The minimum absolute atomic E-state index is 0.139. The lowest BCUT2D eigenvalue weighted by Gasteiger charge is -2.23. The number of likely N-dealkylation sites (tertiary alicyclic amines) is 1. The number of nitrogens with one attached hydrogen (secondary N) is 2. The molecule has 0 atom stereocenters. The van der Waals surface area contributed by atoms with E-state index in [0.29, 0.717) is 6.54 Å². The normalized spacial score (nSPS) is 16.6. The van der Waals surface area contributed by atoms with Crippen LogP contribution in [-0.2, 0) is 4.79 Å². The summed E-state index contributed by atoms with van der Waals surface area (Å²) in [7, 11) is 0. The summed E-state index contributed by atoms with van der Waals surface area (Å²) in [6.45, 7) is 6.96. The van der Waals surface area contributed by atoms with E-state index in [9.17, 15) is 4.79 Å². The molecule has 3 nitrogen and oxygen atoms in total. The molecule has 0 unspecified atom stereocenters. The van der Waals surface area contributed by atoms with Crippen LogP contribution < -0.4 is 10.2 Å². The lowest BCUT2D eigenvalue weighted by atomic mass is 10.1. The number of hydrogen-bond acceptors (Lipinski definition) is 1. The van der Waals surface area contributed by atoms with E-state index in [2.05, 4.69) is 17.4 Å². The van der Waals surface area contributed by atoms with Gasteiger partial charge in [-0.25, -0.2) is 0 Å². The van der Waals surface area contributed by atoms with Crippen molar-refractivity contribution in [1.82, 2.24) is 0 Å². The second kappa shape index (κ2) is 6.01. The Bertz CT molecular complexity index is 423. The van der Waals surface area contributed by atoms with Crippen LogP contribution in [0, 0.1) is 13.8 Å². The van der Waals surface area contributed by atoms with Crippen LogP contribution >= 0.6 is 0 Å². The molecule has 1 saturated heterocycles. The molecular weight excluding hydrogens is 224 g/mol. The van der Waals surface area contributed by atoms with Crippen molar-refractivity contribution in [2.45, 2.75) is 33.1 Å². The van der Waals surface area contributed by atoms with E-state index in [1.165, 1.54) is 29.7 Å². The van der Waals surface area contributed by atoms with Gasteiger partial charge in [0.1, 0.15) is 0 Å². The van der Waals surface area contributed by atoms with E-state index in [4.69, 9.17) is 0 Å². The largest absolute Gasteiger partial charge is 0.327 e. The average molecular weight is 247 g/mol. The van der Waals surface area contributed by atoms with Gasteiger partial charge >= 0.3 is 0 Å². The van der Waals surface area contributed by atoms with Gasteiger partial charge in [-0.05, 0) is 50.3 Å². The van der Waals surface area contributed by atoms with E-state index in [1.807, 2.05) is 19.9 Å². The fourth-order valence-electron chi connectivity index (χ4n) is 2.52. The van der Waals surface area contributed by atoms with E-state index in [-0.39, 0.29) is 5.91 Å².